The predicted octanol–water partition coefficient (Wildman–Crippen LogP) is 4.22. The van der Waals surface area contributed by atoms with Gasteiger partial charge in [0.1, 0.15) is 0 Å². The molecule has 3 heterocycles. The standard InChI is InChI=1S/C25H24N2O2/c28-24(20-8-2-1-3-9-20)26-15-18-13-14-21(17-26)27(16-18)25(29)23-12-6-10-19-7-4-5-11-22(19)23/h1-12,18,21H,13-17H2/t18-,21+/m1/s1. The van der Waals surface area contributed by atoms with E-state index in [0.29, 0.717) is 12.5 Å². The van der Waals surface area contributed by atoms with Crippen LogP contribution in [0.1, 0.15) is 33.6 Å². The summed E-state index contributed by atoms with van der Waals surface area (Å²) in [6, 6.07) is 23.5. The third kappa shape index (κ3) is 3.29. The lowest BCUT2D eigenvalue weighted by molar-refractivity contribution is 0.0576. The maximum Gasteiger partial charge on any atom is 0.254 e. The summed E-state index contributed by atoms with van der Waals surface area (Å²) >= 11 is 0. The Kier molecular flexibility index (Phi) is 4.55. The number of carbonyl (C=O) groups is 2. The van der Waals surface area contributed by atoms with Crippen molar-refractivity contribution in [2.24, 2.45) is 5.92 Å². The lowest BCUT2D eigenvalue weighted by atomic mass is 9.93. The highest BCUT2D eigenvalue weighted by molar-refractivity contribution is 6.07. The monoisotopic (exact) mass is 384 g/mol. The van der Waals surface area contributed by atoms with Crippen molar-refractivity contribution in [2.45, 2.75) is 18.9 Å². The van der Waals surface area contributed by atoms with E-state index in [9.17, 15) is 9.59 Å². The molecular formula is C25H24N2O2. The topological polar surface area (TPSA) is 40.6 Å². The molecule has 3 aromatic carbocycles. The average molecular weight is 384 g/mol. The van der Waals surface area contributed by atoms with Gasteiger partial charge in [-0.3, -0.25) is 9.59 Å². The number of amides is 2. The van der Waals surface area contributed by atoms with E-state index < -0.39 is 0 Å². The van der Waals surface area contributed by atoms with Crippen LogP contribution in [0.3, 0.4) is 0 Å². The van der Waals surface area contributed by atoms with Crippen LogP contribution >= 0.6 is 0 Å². The highest BCUT2D eigenvalue weighted by Gasteiger charge is 2.39. The fraction of sp³-hybridized carbons (Fsp3) is 0.280. The maximum absolute atomic E-state index is 13.5. The largest absolute Gasteiger partial charge is 0.336 e. The van der Waals surface area contributed by atoms with Crippen LogP contribution in [0, 0.1) is 5.92 Å². The number of benzene rings is 3. The van der Waals surface area contributed by atoms with Gasteiger partial charge in [0.05, 0.1) is 0 Å². The van der Waals surface area contributed by atoms with Crippen molar-refractivity contribution in [3.05, 3.63) is 83.9 Å². The van der Waals surface area contributed by atoms with Gasteiger partial charge in [0.2, 0.25) is 0 Å². The summed E-state index contributed by atoms with van der Waals surface area (Å²) < 4.78 is 0. The molecule has 6 rings (SSSR count). The van der Waals surface area contributed by atoms with Crippen molar-refractivity contribution >= 4 is 22.6 Å². The lowest BCUT2D eigenvalue weighted by Gasteiger charge is -2.36. The van der Waals surface area contributed by atoms with Gasteiger partial charge < -0.3 is 9.80 Å². The molecule has 3 aromatic rings. The van der Waals surface area contributed by atoms with Gasteiger partial charge in [-0.1, -0.05) is 54.6 Å². The SMILES string of the molecule is O=C(c1ccccc1)N1C[C@H]2CC[C@@H](C1)N(C(=O)c1cccc3ccccc13)C2. The molecule has 0 radical (unpaired) electrons. The minimum atomic E-state index is 0.0713. The predicted molar refractivity (Wildman–Crippen MR) is 114 cm³/mol. The van der Waals surface area contributed by atoms with E-state index in [1.54, 1.807) is 0 Å². The highest BCUT2D eigenvalue weighted by atomic mass is 16.2. The Bertz CT molecular complexity index is 1060. The van der Waals surface area contributed by atoms with E-state index in [0.717, 1.165) is 47.8 Å². The molecule has 4 heteroatoms. The van der Waals surface area contributed by atoms with Gasteiger partial charge in [0.25, 0.3) is 11.8 Å². The van der Waals surface area contributed by atoms with Crippen molar-refractivity contribution in [1.29, 1.82) is 0 Å². The number of piperidine rings is 1. The number of hydrogen-bond donors (Lipinski definition) is 0. The summed E-state index contributed by atoms with van der Waals surface area (Å²) in [5, 5.41) is 2.08. The quantitative estimate of drug-likeness (QED) is 0.664. The number of hydrogen-bond acceptors (Lipinski definition) is 2. The van der Waals surface area contributed by atoms with E-state index in [-0.39, 0.29) is 17.9 Å². The van der Waals surface area contributed by atoms with Crippen LogP contribution in [0.4, 0.5) is 0 Å². The summed E-state index contributed by atoms with van der Waals surface area (Å²) in [6.45, 7) is 2.07. The first-order chi connectivity index (χ1) is 14.2. The molecule has 0 saturated carbocycles. The summed E-state index contributed by atoms with van der Waals surface area (Å²) in [6.07, 6.45) is 2.03. The molecule has 3 fully saturated rings. The van der Waals surface area contributed by atoms with Crippen molar-refractivity contribution in [2.75, 3.05) is 19.6 Å². The molecular weight excluding hydrogens is 360 g/mol. The first-order valence-corrected chi connectivity index (χ1v) is 10.3. The molecule has 3 aliphatic heterocycles. The van der Waals surface area contributed by atoms with E-state index in [2.05, 4.69) is 0 Å². The fourth-order valence-corrected chi connectivity index (χ4v) is 4.83. The Morgan fingerprint density at radius 2 is 1.48 bits per heavy atom. The molecule has 4 nitrogen and oxygen atoms in total. The smallest absolute Gasteiger partial charge is 0.254 e. The van der Waals surface area contributed by atoms with Crippen molar-refractivity contribution < 1.29 is 9.59 Å². The molecule has 29 heavy (non-hydrogen) atoms. The van der Waals surface area contributed by atoms with Crippen LogP contribution < -0.4 is 0 Å². The second-order valence-electron chi connectivity index (χ2n) is 8.16. The van der Waals surface area contributed by atoms with Crippen LogP contribution in [0.2, 0.25) is 0 Å². The minimum Gasteiger partial charge on any atom is -0.336 e. The Morgan fingerprint density at radius 3 is 2.34 bits per heavy atom. The minimum absolute atomic E-state index is 0.0713. The Labute approximate surface area is 170 Å². The number of rotatable bonds is 2. The fourth-order valence-electron chi connectivity index (χ4n) is 4.83. The number of nitrogens with zero attached hydrogens (tertiary/aromatic N) is 2. The molecule has 2 atom stereocenters. The zero-order valence-corrected chi connectivity index (χ0v) is 16.3. The van der Waals surface area contributed by atoms with E-state index >= 15 is 0 Å². The lowest BCUT2D eigenvalue weighted by Crippen LogP contribution is -2.47. The Hall–Kier alpha value is -3.14. The Morgan fingerprint density at radius 1 is 0.724 bits per heavy atom. The van der Waals surface area contributed by atoms with E-state index in [1.807, 2.05) is 82.6 Å². The van der Waals surface area contributed by atoms with Gasteiger partial charge in [0, 0.05) is 36.8 Å². The van der Waals surface area contributed by atoms with Crippen LogP contribution in [-0.2, 0) is 0 Å². The number of fused-ring (bicyclic) bond motifs is 5. The molecule has 0 spiro atoms. The summed E-state index contributed by atoms with van der Waals surface area (Å²) in [7, 11) is 0. The normalized spacial score (nSPS) is 21.2. The molecule has 0 aliphatic carbocycles. The summed E-state index contributed by atoms with van der Waals surface area (Å²) in [4.78, 5) is 30.5. The molecule has 0 N–H and O–H groups in total. The zero-order valence-electron chi connectivity index (χ0n) is 16.3. The second kappa shape index (κ2) is 7.36. The van der Waals surface area contributed by atoms with Gasteiger partial charge in [-0.05, 0) is 47.7 Å². The molecule has 2 bridgehead atoms. The zero-order chi connectivity index (χ0) is 19.8. The molecule has 0 aromatic heterocycles. The third-order valence-corrected chi connectivity index (χ3v) is 6.30. The van der Waals surface area contributed by atoms with Crippen LogP contribution in [0.25, 0.3) is 10.8 Å². The number of carbonyl (C=O) groups excluding carboxylic acids is 2. The van der Waals surface area contributed by atoms with Crippen molar-refractivity contribution in [3.8, 4) is 0 Å². The highest BCUT2D eigenvalue weighted by Crippen LogP contribution is 2.31. The average Bonchev–Trinajstić information content (AvgIpc) is 3.10. The van der Waals surface area contributed by atoms with Gasteiger partial charge in [-0.15, -0.1) is 0 Å². The molecule has 146 valence electrons. The third-order valence-electron chi connectivity index (χ3n) is 6.30. The molecule has 3 saturated heterocycles. The van der Waals surface area contributed by atoms with Crippen molar-refractivity contribution in [3.63, 3.8) is 0 Å². The molecule has 0 unspecified atom stereocenters. The van der Waals surface area contributed by atoms with Gasteiger partial charge in [-0.25, -0.2) is 0 Å². The maximum atomic E-state index is 13.5. The summed E-state index contributed by atoms with van der Waals surface area (Å²) in [5.74, 6) is 0.493. The summed E-state index contributed by atoms with van der Waals surface area (Å²) in [5.41, 5.74) is 1.48. The first-order valence-electron chi connectivity index (χ1n) is 10.3. The van der Waals surface area contributed by atoms with E-state index in [1.165, 1.54) is 0 Å². The first kappa shape index (κ1) is 17.9. The van der Waals surface area contributed by atoms with Crippen LogP contribution in [-0.4, -0.2) is 47.3 Å². The van der Waals surface area contributed by atoms with Crippen LogP contribution in [0.5, 0.6) is 0 Å². The van der Waals surface area contributed by atoms with Gasteiger partial charge in [0.15, 0.2) is 0 Å². The molecule has 3 aliphatic rings. The van der Waals surface area contributed by atoms with Crippen molar-refractivity contribution in [1.82, 2.24) is 9.80 Å². The van der Waals surface area contributed by atoms with Gasteiger partial charge >= 0.3 is 0 Å². The Balaban J connectivity index is 1.43. The molecule has 2 amide bonds. The van der Waals surface area contributed by atoms with Crippen LogP contribution in [0.15, 0.2) is 72.8 Å². The van der Waals surface area contributed by atoms with E-state index in [4.69, 9.17) is 0 Å². The second-order valence-corrected chi connectivity index (χ2v) is 8.16. The van der Waals surface area contributed by atoms with Gasteiger partial charge in [-0.2, -0.15) is 0 Å².